The molecule has 1 aromatic carbocycles. The number of methoxy groups -OCH3 is 1. The molecule has 2 heterocycles. The Hall–Kier alpha value is -1.39. The van der Waals surface area contributed by atoms with Gasteiger partial charge in [0.25, 0.3) is 0 Å². The zero-order valence-electron chi connectivity index (χ0n) is 15.6. The van der Waals surface area contributed by atoms with Crippen LogP contribution in [0.2, 0.25) is 0 Å². The Labute approximate surface area is 151 Å². The monoisotopic (exact) mass is 345 g/mol. The van der Waals surface area contributed by atoms with E-state index in [2.05, 4.69) is 25.1 Å². The van der Waals surface area contributed by atoms with E-state index in [-0.39, 0.29) is 11.5 Å². The van der Waals surface area contributed by atoms with E-state index in [1.54, 1.807) is 7.11 Å². The zero-order valence-corrected chi connectivity index (χ0v) is 15.6. The van der Waals surface area contributed by atoms with Crippen LogP contribution in [0.4, 0.5) is 0 Å². The topological polar surface area (TPSA) is 38.8 Å². The lowest BCUT2D eigenvalue weighted by Crippen LogP contribution is -2.49. The number of ether oxygens (including phenoxy) is 2. The molecule has 1 amide bonds. The van der Waals surface area contributed by atoms with Crippen molar-refractivity contribution in [1.82, 2.24) is 4.90 Å². The maximum absolute atomic E-state index is 12.6. The zero-order chi connectivity index (χ0) is 17.7. The van der Waals surface area contributed by atoms with Gasteiger partial charge in [0.15, 0.2) is 0 Å². The molecule has 0 bridgehead atoms. The molecule has 4 heteroatoms. The maximum atomic E-state index is 12.6. The van der Waals surface area contributed by atoms with Crippen LogP contribution in [0.1, 0.15) is 43.2 Å². The number of piperidine rings is 1. The van der Waals surface area contributed by atoms with E-state index in [1.807, 2.05) is 11.0 Å². The van der Waals surface area contributed by atoms with Crippen molar-refractivity contribution < 1.29 is 14.3 Å². The molecule has 1 aromatic rings. The van der Waals surface area contributed by atoms with Crippen molar-refractivity contribution in [1.29, 1.82) is 0 Å². The lowest BCUT2D eigenvalue weighted by molar-refractivity contribution is -0.137. The lowest BCUT2D eigenvalue weighted by Gasteiger charge is -2.42. The first kappa shape index (κ1) is 18.4. The van der Waals surface area contributed by atoms with Crippen molar-refractivity contribution in [3.63, 3.8) is 0 Å². The number of hydrogen-bond donors (Lipinski definition) is 0. The first-order valence-electron chi connectivity index (χ1n) is 9.60. The number of likely N-dealkylation sites (tertiary alicyclic amines) is 1. The molecule has 138 valence electrons. The lowest BCUT2D eigenvalue weighted by atomic mass is 9.78. The Morgan fingerprint density at radius 1 is 1.32 bits per heavy atom. The Bertz CT molecular complexity index is 578. The van der Waals surface area contributed by atoms with Crippen LogP contribution in [0.25, 0.3) is 0 Å². The second-order valence-electron chi connectivity index (χ2n) is 7.49. The molecule has 0 aliphatic carbocycles. The number of carbonyl (C=O) groups is 1. The maximum Gasteiger partial charge on any atom is 0.222 e. The molecule has 2 saturated heterocycles. The van der Waals surface area contributed by atoms with E-state index in [1.165, 1.54) is 11.1 Å². The summed E-state index contributed by atoms with van der Waals surface area (Å²) >= 11 is 0. The SMILES string of the molecule is COCCC1CCOC12CCN(C(=O)CCc1ccccc1C)CC2. The number of carbonyl (C=O) groups excluding carboxylic acids is 1. The molecular weight excluding hydrogens is 314 g/mol. The third-order valence-electron chi connectivity index (χ3n) is 6.10. The molecule has 1 atom stereocenters. The van der Waals surface area contributed by atoms with Gasteiger partial charge in [-0.1, -0.05) is 24.3 Å². The fourth-order valence-corrected chi connectivity index (χ4v) is 4.43. The van der Waals surface area contributed by atoms with Crippen LogP contribution in [0.15, 0.2) is 24.3 Å². The van der Waals surface area contributed by atoms with Gasteiger partial charge >= 0.3 is 0 Å². The van der Waals surface area contributed by atoms with Crippen LogP contribution in [-0.2, 0) is 20.7 Å². The summed E-state index contributed by atoms with van der Waals surface area (Å²) in [7, 11) is 1.76. The average molecular weight is 345 g/mol. The first-order valence-corrected chi connectivity index (χ1v) is 9.60. The average Bonchev–Trinajstić information content (AvgIpc) is 3.01. The Morgan fingerprint density at radius 3 is 2.80 bits per heavy atom. The molecule has 0 saturated carbocycles. The van der Waals surface area contributed by atoms with Gasteiger partial charge in [-0.3, -0.25) is 4.79 Å². The molecule has 1 spiro atoms. The van der Waals surface area contributed by atoms with Gasteiger partial charge in [0, 0.05) is 39.8 Å². The summed E-state index contributed by atoms with van der Waals surface area (Å²) in [6.07, 6.45) is 5.57. The van der Waals surface area contributed by atoms with Crippen molar-refractivity contribution in [2.24, 2.45) is 5.92 Å². The van der Waals surface area contributed by atoms with Crippen molar-refractivity contribution >= 4 is 5.91 Å². The second-order valence-corrected chi connectivity index (χ2v) is 7.49. The van der Waals surface area contributed by atoms with Crippen LogP contribution in [0.3, 0.4) is 0 Å². The van der Waals surface area contributed by atoms with Crippen molar-refractivity contribution in [3.05, 3.63) is 35.4 Å². The molecule has 0 radical (unpaired) electrons. The van der Waals surface area contributed by atoms with E-state index >= 15 is 0 Å². The Kier molecular flexibility index (Phi) is 6.13. The summed E-state index contributed by atoms with van der Waals surface area (Å²) in [6.45, 7) is 5.43. The molecule has 0 N–H and O–H groups in total. The van der Waals surface area contributed by atoms with Gasteiger partial charge < -0.3 is 14.4 Å². The van der Waals surface area contributed by atoms with Crippen molar-refractivity contribution in [2.45, 2.75) is 51.0 Å². The molecule has 25 heavy (non-hydrogen) atoms. The van der Waals surface area contributed by atoms with Gasteiger partial charge in [-0.25, -0.2) is 0 Å². The molecule has 2 aliphatic heterocycles. The third-order valence-corrected chi connectivity index (χ3v) is 6.10. The van der Waals surface area contributed by atoms with Gasteiger partial charge in [-0.2, -0.15) is 0 Å². The summed E-state index contributed by atoms with van der Waals surface area (Å²) in [6, 6.07) is 8.34. The highest BCUT2D eigenvalue weighted by atomic mass is 16.5. The fourth-order valence-electron chi connectivity index (χ4n) is 4.43. The molecule has 2 fully saturated rings. The molecule has 1 unspecified atom stereocenters. The number of aryl methyl sites for hydroxylation is 2. The van der Waals surface area contributed by atoms with Crippen LogP contribution in [0, 0.1) is 12.8 Å². The van der Waals surface area contributed by atoms with Crippen LogP contribution >= 0.6 is 0 Å². The highest BCUT2D eigenvalue weighted by Gasteiger charge is 2.46. The van der Waals surface area contributed by atoms with Gasteiger partial charge in [0.05, 0.1) is 5.60 Å². The van der Waals surface area contributed by atoms with E-state index < -0.39 is 0 Å². The molecule has 3 rings (SSSR count). The van der Waals surface area contributed by atoms with Crippen LogP contribution in [0.5, 0.6) is 0 Å². The van der Waals surface area contributed by atoms with Crippen LogP contribution < -0.4 is 0 Å². The highest BCUT2D eigenvalue weighted by molar-refractivity contribution is 5.76. The van der Waals surface area contributed by atoms with Gasteiger partial charge in [-0.05, 0) is 56.1 Å². The number of rotatable bonds is 6. The minimum Gasteiger partial charge on any atom is -0.385 e. The molecule has 0 aromatic heterocycles. The summed E-state index contributed by atoms with van der Waals surface area (Å²) in [5.74, 6) is 0.862. The summed E-state index contributed by atoms with van der Waals surface area (Å²) in [5, 5.41) is 0. The Morgan fingerprint density at radius 2 is 2.08 bits per heavy atom. The minimum absolute atomic E-state index is 0.00860. The standard InChI is InChI=1S/C21H31NO3/c1-17-5-3-4-6-18(17)7-8-20(23)22-13-11-21(12-14-22)19(9-15-24-2)10-16-25-21/h3-6,19H,7-16H2,1-2H3. The number of amides is 1. The largest absolute Gasteiger partial charge is 0.385 e. The van der Waals surface area contributed by atoms with E-state index in [0.29, 0.717) is 12.3 Å². The fraction of sp³-hybridized carbons (Fsp3) is 0.667. The summed E-state index contributed by atoms with van der Waals surface area (Å²) in [5.41, 5.74) is 2.54. The van der Waals surface area contributed by atoms with Gasteiger partial charge in [0.1, 0.15) is 0 Å². The normalized spacial score (nSPS) is 22.5. The quantitative estimate of drug-likeness (QED) is 0.793. The summed E-state index contributed by atoms with van der Waals surface area (Å²) in [4.78, 5) is 14.6. The smallest absolute Gasteiger partial charge is 0.222 e. The van der Waals surface area contributed by atoms with E-state index in [9.17, 15) is 4.79 Å². The van der Waals surface area contributed by atoms with E-state index in [4.69, 9.17) is 9.47 Å². The predicted molar refractivity (Wildman–Crippen MR) is 98.6 cm³/mol. The minimum atomic E-state index is -0.00860. The number of benzene rings is 1. The molecule has 2 aliphatic rings. The second kappa shape index (κ2) is 8.33. The third kappa shape index (κ3) is 4.24. The van der Waals surface area contributed by atoms with Crippen molar-refractivity contribution in [3.8, 4) is 0 Å². The summed E-state index contributed by atoms with van der Waals surface area (Å²) < 4.78 is 11.4. The highest BCUT2D eigenvalue weighted by Crippen LogP contribution is 2.42. The number of nitrogens with zero attached hydrogens (tertiary/aromatic N) is 1. The predicted octanol–water partition coefficient (Wildman–Crippen LogP) is 3.36. The van der Waals surface area contributed by atoms with Crippen LogP contribution in [-0.4, -0.2) is 49.8 Å². The Balaban J connectivity index is 1.50. The first-order chi connectivity index (χ1) is 12.1. The van der Waals surface area contributed by atoms with Gasteiger partial charge in [-0.15, -0.1) is 0 Å². The van der Waals surface area contributed by atoms with E-state index in [0.717, 1.165) is 58.4 Å². The molecular formula is C21H31NO3. The molecule has 4 nitrogen and oxygen atoms in total. The van der Waals surface area contributed by atoms with Gasteiger partial charge in [0.2, 0.25) is 5.91 Å². The number of hydrogen-bond acceptors (Lipinski definition) is 3. The van der Waals surface area contributed by atoms with Crippen molar-refractivity contribution in [2.75, 3.05) is 33.4 Å².